The average molecular weight is 250 g/mol. The first kappa shape index (κ1) is 11.5. The molecule has 78 valence electrons. The van der Waals surface area contributed by atoms with E-state index in [0.717, 1.165) is 6.54 Å². The van der Waals surface area contributed by atoms with Crippen molar-refractivity contribution in [1.82, 2.24) is 4.90 Å². The van der Waals surface area contributed by atoms with E-state index >= 15 is 0 Å². The van der Waals surface area contributed by atoms with Gasteiger partial charge in [0.1, 0.15) is 0 Å². The largest absolute Gasteiger partial charge is 0.391 e. The van der Waals surface area contributed by atoms with Crippen molar-refractivity contribution < 1.29 is 5.11 Å². The van der Waals surface area contributed by atoms with E-state index in [9.17, 15) is 5.11 Å². The van der Waals surface area contributed by atoms with Gasteiger partial charge >= 0.3 is 0 Å². The van der Waals surface area contributed by atoms with E-state index in [-0.39, 0.29) is 6.10 Å². The molecule has 1 saturated heterocycles. The fourth-order valence-corrected chi connectivity index (χ4v) is 2.05. The molecule has 0 radical (unpaired) electrons. The number of nitrogens with zero attached hydrogens (tertiary/aromatic N) is 1. The van der Waals surface area contributed by atoms with Crippen molar-refractivity contribution in [2.45, 2.75) is 38.2 Å². The molecule has 2 nitrogen and oxygen atoms in total. The van der Waals surface area contributed by atoms with Crippen LogP contribution < -0.4 is 0 Å². The van der Waals surface area contributed by atoms with Crippen LogP contribution in [0.15, 0.2) is 0 Å². The molecule has 1 unspecified atom stereocenters. The van der Waals surface area contributed by atoms with Crippen LogP contribution in [-0.2, 0) is 0 Å². The number of alkyl halides is 1. The van der Waals surface area contributed by atoms with Crippen molar-refractivity contribution in [2.24, 2.45) is 0 Å². The molecule has 0 aliphatic carbocycles. The summed E-state index contributed by atoms with van der Waals surface area (Å²) in [7, 11) is 0. The molecule has 13 heavy (non-hydrogen) atoms. The minimum absolute atomic E-state index is 0.195. The Balaban J connectivity index is 2.21. The zero-order valence-electron chi connectivity index (χ0n) is 8.21. The Bertz CT molecular complexity index is 124. The molecule has 1 fully saturated rings. The van der Waals surface area contributed by atoms with Gasteiger partial charge in [0.25, 0.3) is 0 Å². The first-order valence-corrected chi connectivity index (χ1v) is 6.41. The van der Waals surface area contributed by atoms with Crippen molar-refractivity contribution in [3.8, 4) is 0 Å². The van der Waals surface area contributed by atoms with E-state index in [1.807, 2.05) is 0 Å². The van der Waals surface area contributed by atoms with Gasteiger partial charge in [-0.1, -0.05) is 35.2 Å². The first-order valence-electron chi connectivity index (χ1n) is 5.29. The highest BCUT2D eigenvalue weighted by Gasteiger charge is 2.11. The van der Waals surface area contributed by atoms with Gasteiger partial charge in [0.2, 0.25) is 0 Å². The maximum absolute atomic E-state index is 9.48. The van der Waals surface area contributed by atoms with E-state index in [2.05, 4.69) is 20.8 Å². The quantitative estimate of drug-likeness (QED) is 0.774. The van der Waals surface area contributed by atoms with Crippen LogP contribution in [0.25, 0.3) is 0 Å². The SMILES string of the molecule is OC(CBr)CN1CCCCCCC1. The molecular formula is C10H20BrNO. The maximum Gasteiger partial charge on any atom is 0.0763 e. The number of halogens is 1. The molecule has 1 rings (SSSR count). The third-order valence-corrected chi connectivity index (χ3v) is 3.34. The molecule has 1 atom stereocenters. The predicted molar refractivity (Wildman–Crippen MR) is 59.3 cm³/mol. The van der Waals surface area contributed by atoms with Crippen molar-refractivity contribution in [3.63, 3.8) is 0 Å². The molecule has 1 heterocycles. The van der Waals surface area contributed by atoms with E-state index in [1.54, 1.807) is 0 Å². The van der Waals surface area contributed by atoms with Crippen LogP contribution in [0.3, 0.4) is 0 Å². The van der Waals surface area contributed by atoms with Crippen LogP contribution >= 0.6 is 15.9 Å². The Morgan fingerprint density at radius 1 is 1.08 bits per heavy atom. The van der Waals surface area contributed by atoms with Crippen LogP contribution in [0.4, 0.5) is 0 Å². The Hall–Kier alpha value is 0.400. The van der Waals surface area contributed by atoms with Crippen LogP contribution in [0.2, 0.25) is 0 Å². The van der Waals surface area contributed by atoms with E-state index in [1.165, 1.54) is 45.2 Å². The minimum atomic E-state index is -0.195. The zero-order valence-corrected chi connectivity index (χ0v) is 9.80. The molecule has 0 amide bonds. The highest BCUT2D eigenvalue weighted by molar-refractivity contribution is 9.09. The standard InChI is InChI=1S/C10H20BrNO/c11-8-10(13)9-12-6-4-2-1-3-5-7-12/h10,13H,1-9H2. The molecule has 1 aliphatic rings. The predicted octanol–water partition coefficient (Wildman–Crippen LogP) is 2.01. The van der Waals surface area contributed by atoms with Crippen molar-refractivity contribution in [2.75, 3.05) is 25.0 Å². The summed E-state index contributed by atoms with van der Waals surface area (Å²) < 4.78 is 0. The summed E-state index contributed by atoms with van der Waals surface area (Å²) in [5.41, 5.74) is 0. The summed E-state index contributed by atoms with van der Waals surface area (Å²) in [5.74, 6) is 0. The molecule has 0 aromatic rings. The summed E-state index contributed by atoms with van der Waals surface area (Å²) in [6.07, 6.45) is 6.53. The molecule has 0 saturated carbocycles. The van der Waals surface area contributed by atoms with Gasteiger partial charge in [-0.05, 0) is 25.9 Å². The van der Waals surface area contributed by atoms with E-state index in [4.69, 9.17) is 0 Å². The van der Waals surface area contributed by atoms with E-state index < -0.39 is 0 Å². The lowest BCUT2D eigenvalue weighted by Crippen LogP contribution is -2.35. The van der Waals surface area contributed by atoms with Crippen molar-refractivity contribution in [1.29, 1.82) is 0 Å². The number of hydrogen-bond acceptors (Lipinski definition) is 2. The van der Waals surface area contributed by atoms with Gasteiger partial charge in [0.05, 0.1) is 6.10 Å². The fourth-order valence-electron chi connectivity index (χ4n) is 1.84. The molecule has 0 aromatic carbocycles. The highest BCUT2D eigenvalue weighted by Crippen LogP contribution is 2.10. The molecule has 1 aliphatic heterocycles. The zero-order chi connectivity index (χ0) is 9.52. The Labute approximate surface area is 89.4 Å². The van der Waals surface area contributed by atoms with Crippen LogP contribution in [0, 0.1) is 0 Å². The van der Waals surface area contributed by atoms with Crippen molar-refractivity contribution >= 4 is 15.9 Å². The second-order valence-corrected chi connectivity index (χ2v) is 4.52. The lowest BCUT2D eigenvalue weighted by atomic mass is 10.1. The maximum atomic E-state index is 9.48. The van der Waals surface area contributed by atoms with Gasteiger partial charge in [-0.3, -0.25) is 0 Å². The van der Waals surface area contributed by atoms with Crippen molar-refractivity contribution in [3.05, 3.63) is 0 Å². The number of aliphatic hydroxyl groups is 1. The number of rotatable bonds is 3. The minimum Gasteiger partial charge on any atom is -0.391 e. The second kappa shape index (κ2) is 6.80. The summed E-state index contributed by atoms with van der Waals surface area (Å²) in [5, 5.41) is 10.2. The summed E-state index contributed by atoms with van der Waals surface area (Å²) in [6.45, 7) is 3.18. The monoisotopic (exact) mass is 249 g/mol. The molecular weight excluding hydrogens is 230 g/mol. The molecule has 0 bridgehead atoms. The fraction of sp³-hybridized carbons (Fsp3) is 1.00. The molecule has 0 spiro atoms. The van der Waals surface area contributed by atoms with Gasteiger partial charge in [-0.2, -0.15) is 0 Å². The first-order chi connectivity index (χ1) is 6.33. The van der Waals surface area contributed by atoms with Gasteiger partial charge in [0.15, 0.2) is 0 Å². The Morgan fingerprint density at radius 2 is 1.62 bits per heavy atom. The van der Waals surface area contributed by atoms with Gasteiger partial charge in [-0.15, -0.1) is 0 Å². The normalized spacial score (nSPS) is 23.5. The van der Waals surface area contributed by atoms with Crippen LogP contribution in [0.1, 0.15) is 32.1 Å². The smallest absolute Gasteiger partial charge is 0.0763 e. The topological polar surface area (TPSA) is 23.5 Å². The number of likely N-dealkylation sites (tertiary alicyclic amines) is 1. The summed E-state index contributed by atoms with van der Waals surface area (Å²) in [4.78, 5) is 2.39. The average Bonchev–Trinajstić information content (AvgIpc) is 2.09. The number of hydrogen-bond donors (Lipinski definition) is 1. The summed E-state index contributed by atoms with van der Waals surface area (Å²) >= 11 is 3.30. The highest BCUT2D eigenvalue weighted by atomic mass is 79.9. The molecule has 3 heteroatoms. The van der Waals surface area contributed by atoms with Gasteiger partial charge in [-0.25, -0.2) is 0 Å². The Morgan fingerprint density at radius 3 is 2.15 bits per heavy atom. The number of β-amino-alcohol motifs (C(OH)–C–C–N with tert-alkyl or cyclic N) is 1. The number of aliphatic hydroxyl groups excluding tert-OH is 1. The Kier molecular flexibility index (Phi) is 6.00. The summed E-state index contributed by atoms with van der Waals surface area (Å²) in [6, 6.07) is 0. The van der Waals surface area contributed by atoms with Crippen LogP contribution in [0.5, 0.6) is 0 Å². The third kappa shape index (κ3) is 4.99. The third-order valence-electron chi connectivity index (χ3n) is 2.60. The van der Waals surface area contributed by atoms with Crippen LogP contribution in [-0.4, -0.2) is 41.1 Å². The molecule has 1 N–H and O–H groups in total. The second-order valence-electron chi connectivity index (χ2n) is 3.88. The van der Waals surface area contributed by atoms with Gasteiger partial charge in [0, 0.05) is 11.9 Å². The lowest BCUT2D eigenvalue weighted by Gasteiger charge is -2.26. The molecule has 0 aromatic heterocycles. The lowest BCUT2D eigenvalue weighted by molar-refractivity contribution is 0.125. The van der Waals surface area contributed by atoms with E-state index in [0.29, 0.717) is 5.33 Å². The van der Waals surface area contributed by atoms with Gasteiger partial charge < -0.3 is 10.0 Å².